The van der Waals surface area contributed by atoms with Crippen molar-refractivity contribution in [2.24, 2.45) is 56.2 Å². The van der Waals surface area contributed by atoms with Gasteiger partial charge in [0.15, 0.2) is 5.78 Å². The first-order valence-electron chi connectivity index (χ1n) is 21.5. The maximum Gasteiger partial charge on any atom is 0.309 e. The number of esters is 1. The maximum atomic E-state index is 14.2. The standard InChI is InChI=1S/C47H71ClN2O6/c1-28(2)39-33(51)23-47(36(52)26-49-25-29-12-13-31(48)22-30(29)27-50(10)11)21-20-45(8)32(40(39)47)14-15-35-44(7)18-17-37(56-38(53)24-42(3,4)41(54)55)43(5,6)34(44)16-19-46(35,45)9/h12-13,22,28,32,34-37,49,52H,14-21,23-27H2,1-11H3,(H,54,55)/t32-,34+,35-,36+,37+,44?,45-,46-,47?/m1/s1. The number of rotatable bonds is 12. The zero-order chi connectivity index (χ0) is 41.4. The van der Waals surface area contributed by atoms with Crippen LogP contribution < -0.4 is 5.32 Å². The van der Waals surface area contributed by atoms with E-state index in [0.29, 0.717) is 31.3 Å². The third kappa shape index (κ3) is 7.02. The van der Waals surface area contributed by atoms with E-state index in [2.05, 4.69) is 78.8 Å². The molecule has 8 nitrogen and oxygen atoms in total. The molecule has 2 unspecified atom stereocenters. The topological polar surface area (TPSA) is 116 Å². The van der Waals surface area contributed by atoms with E-state index in [1.54, 1.807) is 13.8 Å². The van der Waals surface area contributed by atoms with Crippen molar-refractivity contribution >= 4 is 29.3 Å². The number of carboxylic acid groups (broad SMARTS) is 1. The average Bonchev–Trinajstić information content (AvgIpc) is 3.40. The molecule has 0 aromatic heterocycles. The molecule has 0 radical (unpaired) electrons. The number of benzene rings is 1. The van der Waals surface area contributed by atoms with E-state index in [1.807, 2.05) is 12.1 Å². The molecule has 9 atom stereocenters. The Morgan fingerprint density at radius 1 is 0.964 bits per heavy atom. The SMILES string of the molecule is CC(C)C1=C2[C@H]3CC[C@@H]4C5(C)CC[C@H](OC(=O)CC(C)(C)C(=O)O)C(C)(C)[C@@H]5CC[C@@]4(C)[C@]3(C)CCC2([C@@H](O)CNCc2ccc(Cl)cc2CN(C)C)CC1=O. The van der Waals surface area contributed by atoms with Crippen LogP contribution in [0.1, 0.15) is 138 Å². The van der Waals surface area contributed by atoms with Crippen LogP contribution in [0.5, 0.6) is 0 Å². The zero-order valence-corrected chi connectivity index (χ0v) is 37.0. The lowest BCUT2D eigenvalue weighted by Crippen LogP contribution is -2.66. The van der Waals surface area contributed by atoms with E-state index < -0.39 is 28.9 Å². The number of nitrogens with zero attached hydrogens (tertiary/aromatic N) is 1. The van der Waals surface area contributed by atoms with Gasteiger partial charge >= 0.3 is 11.9 Å². The minimum Gasteiger partial charge on any atom is -0.481 e. The zero-order valence-electron chi connectivity index (χ0n) is 36.2. The van der Waals surface area contributed by atoms with E-state index in [9.17, 15) is 24.6 Å². The second-order valence-electron chi connectivity index (χ2n) is 21.4. The largest absolute Gasteiger partial charge is 0.481 e. The lowest BCUT2D eigenvalue weighted by Gasteiger charge is -2.72. The van der Waals surface area contributed by atoms with Gasteiger partial charge in [-0.05, 0) is 148 Å². The number of ketones is 1. The summed E-state index contributed by atoms with van der Waals surface area (Å²) < 4.78 is 6.18. The highest BCUT2D eigenvalue weighted by atomic mass is 35.5. The third-order valence-corrected chi connectivity index (χ3v) is 17.0. The van der Waals surface area contributed by atoms with Gasteiger partial charge in [0, 0.05) is 41.9 Å². The molecule has 312 valence electrons. The minimum absolute atomic E-state index is 0.0269. The van der Waals surface area contributed by atoms with Crippen LogP contribution in [-0.4, -0.2) is 65.7 Å². The summed E-state index contributed by atoms with van der Waals surface area (Å²) in [6, 6.07) is 6.03. The van der Waals surface area contributed by atoms with E-state index in [4.69, 9.17) is 16.3 Å². The fraction of sp³-hybridized carbons (Fsp3) is 0.766. The molecule has 0 amide bonds. The number of allylic oxidation sites excluding steroid dienone is 1. The number of hydrogen-bond donors (Lipinski definition) is 3. The number of carboxylic acids is 1. The van der Waals surface area contributed by atoms with Gasteiger partial charge < -0.3 is 25.2 Å². The molecular formula is C47H71ClN2O6. The summed E-state index contributed by atoms with van der Waals surface area (Å²) in [7, 11) is 4.10. The highest BCUT2D eigenvalue weighted by Crippen LogP contribution is 2.77. The number of fused-ring (bicyclic) bond motifs is 7. The molecule has 5 aliphatic rings. The van der Waals surface area contributed by atoms with Crippen molar-refractivity contribution in [3.63, 3.8) is 0 Å². The number of ether oxygens (including phenoxy) is 1. The molecule has 0 spiro atoms. The van der Waals surface area contributed by atoms with Crippen molar-refractivity contribution < 1.29 is 29.3 Å². The van der Waals surface area contributed by atoms with Crippen LogP contribution >= 0.6 is 11.6 Å². The van der Waals surface area contributed by atoms with E-state index in [1.165, 1.54) is 11.1 Å². The molecule has 5 aliphatic carbocycles. The summed E-state index contributed by atoms with van der Waals surface area (Å²) in [6.45, 7) is 21.5. The Balaban J connectivity index is 1.25. The van der Waals surface area contributed by atoms with Crippen LogP contribution in [-0.2, 0) is 32.2 Å². The quantitative estimate of drug-likeness (QED) is 0.180. The highest BCUT2D eigenvalue weighted by Gasteiger charge is 2.70. The van der Waals surface area contributed by atoms with Gasteiger partial charge in [0.25, 0.3) is 0 Å². The van der Waals surface area contributed by atoms with Crippen LogP contribution in [0, 0.1) is 56.2 Å². The maximum absolute atomic E-state index is 14.2. The van der Waals surface area contributed by atoms with Gasteiger partial charge in [-0.2, -0.15) is 0 Å². The Morgan fingerprint density at radius 2 is 1.66 bits per heavy atom. The Bertz CT molecular complexity index is 1750. The second kappa shape index (κ2) is 15.1. The van der Waals surface area contributed by atoms with Crippen molar-refractivity contribution in [1.29, 1.82) is 0 Å². The number of halogens is 1. The summed E-state index contributed by atoms with van der Waals surface area (Å²) >= 11 is 6.37. The van der Waals surface area contributed by atoms with Crippen molar-refractivity contribution in [2.75, 3.05) is 20.6 Å². The molecule has 0 saturated heterocycles. The van der Waals surface area contributed by atoms with Gasteiger partial charge in [-0.3, -0.25) is 14.4 Å². The van der Waals surface area contributed by atoms with Crippen molar-refractivity contribution in [2.45, 2.75) is 152 Å². The first kappa shape index (κ1) is 43.3. The number of hydrogen-bond acceptors (Lipinski definition) is 7. The van der Waals surface area contributed by atoms with Crippen molar-refractivity contribution in [3.8, 4) is 0 Å². The molecule has 1 aromatic rings. The summed E-state index contributed by atoms with van der Waals surface area (Å²) in [4.78, 5) is 41.2. The monoisotopic (exact) mass is 795 g/mol. The molecule has 56 heavy (non-hydrogen) atoms. The van der Waals surface area contributed by atoms with Crippen LogP contribution in [0.25, 0.3) is 0 Å². The molecule has 0 heterocycles. The van der Waals surface area contributed by atoms with Gasteiger partial charge in [0.2, 0.25) is 0 Å². The number of aliphatic hydroxyl groups is 1. The smallest absolute Gasteiger partial charge is 0.309 e. The Morgan fingerprint density at radius 3 is 2.30 bits per heavy atom. The van der Waals surface area contributed by atoms with Gasteiger partial charge in [0.1, 0.15) is 6.10 Å². The van der Waals surface area contributed by atoms with E-state index in [-0.39, 0.29) is 51.8 Å². The van der Waals surface area contributed by atoms with Crippen molar-refractivity contribution in [3.05, 3.63) is 45.5 Å². The molecule has 3 N–H and O–H groups in total. The summed E-state index contributed by atoms with van der Waals surface area (Å²) in [5.41, 5.74) is 2.70. The summed E-state index contributed by atoms with van der Waals surface area (Å²) in [6.07, 6.45) is 7.09. The molecule has 4 saturated carbocycles. The number of Topliss-reactive ketones (excluding diaryl/α,β-unsaturated/α-hetero) is 1. The fourth-order valence-corrected chi connectivity index (χ4v) is 13.9. The lowest BCUT2D eigenvalue weighted by molar-refractivity contribution is -0.235. The normalized spacial score (nSPS) is 35.8. The van der Waals surface area contributed by atoms with Crippen LogP contribution in [0.3, 0.4) is 0 Å². The van der Waals surface area contributed by atoms with Gasteiger partial charge in [-0.1, -0.05) is 71.7 Å². The molecular weight excluding hydrogens is 724 g/mol. The van der Waals surface area contributed by atoms with E-state index in [0.717, 1.165) is 74.1 Å². The molecule has 9 heteroatoms. The first-order valence-corrected chi connectivity index (χ1v) is 21.8. The Kier molecular flexibility index (Phi) is 11.7. The first-order chi connectivity index (χ1) is 25.9. The Labute approximate surface area is 341 Å². The minimum atomic E-state index is -1.17. The van der Waals surface area contributed by atoms with Crippen molar-refractivity contribution in [1.82, 2.24) is 10.2 Å². The van der Waals surface area contributed by atoms with Gasteiger partial charge in [-0.25, -0.2) is 0 Å². The molecule has 0 bridgehead atoms. The van der Waals surface area contributed by atoms with Gasteiger partial charge in [-0.15, -0.1) is 0 Å². The van der Waals surface area contributed by atoms with Crippen LogP contribution in [0.2, 0.25) is 5.02 Å². The molecule has 1 aromatic carbocycles. The average molecular weight is 796 g/mol. The second-order valence-corrected chi connectivity index (χ2v) is 21.8. The van der Waals surface area contributed by atoms with Crippen LogP contribution in [0.15, 0.2) is 29.3 Å². The predicted molar refractivity (Wildman–Crippen MR) is 222 cm³/mol. The summed E-state index contributed by atoms with van der Waals surface area (Å²) in [5, 5.41) is 26.3. The highest BCUT2D eigenvalue weighted by molar-refractivity contribution is 6.30. The number of carbonyl (C=O) groups is 3. The fourth-order valence-electron chi connectivity index (χ4n) is 13.7. The lowest BCUT2D eigenvalue weighted by atomic mass is 9.33. The number of nitrogens with one attached hydrogen (secondary N) is 1. The number of aliphatic carboxylic acids is 1. The summed E-state index contributed by atoms with van der Waals surface area (Å²) in [5.74, 6) is -0.00510. The Hall–Kier alpha value is -2.26. The van der Waals surface area contributed by atoms with Gasteiger partial charge in [0.05, 0.1) is 17.9 Å². The van der Waals surface area contributed by atoms with Crippen LogP contribution in [0.4, 0.5) is 0 Å². The number of aliphatic hydroxyl groups excluding tert-OH is 1. The predicted octanol–water partition coefficient (Wildman–Crippen LogP) is 9.25. The molecule has 0 aliphatic heterocycles. The third-order valence-electron chi connectivity index (χ3n) is 16.8. The van der Waals surface area contributed by atoms with E-state index >= 15 is 0 Å². The molecule has 4 fully saturated rings. The molecule has 6 rings (SSSR count). The number of carbonyl (C=O) groups excluding carboxylic acids is 2.